The molecule has 0 spiro atoms. The van der Waals surface area contributed by atoms with Crippen molar-refractivity contribution in [3.63, 3.8) is 0 Å². The van der Waals surface area contributed by atoms with Crippen LogP contribution in [0.4, 0.5) is 0 Å². The average molecular weight is 1100 g/mol. The van der Waals surface area contributed by atoms with E-state index in [1.54, 1.807) is 0 Å². The summed E-state index contributed by atoms with van der Waals surface area (Å²) >= 11 is 0. The first-order valence-electron chi connectivity index (χ1n) is 23.9. The SMILES string of the molecule is C=c1cc(O)/c(=C2/C(=O)C(c3c(O)cc(O)c(C)c3O)=C2O)c(O)c1C.C=c1cc(O)/c(=C2/C(=O)C(c3c(O)cc(O)c(CCC)c3O)=C2O)c(O)c1CCC.C=c1cc(O)c(=C2C(=O)C(c3c(O)cc(O)cc3O)=C2O)c(O)c1. The van der Waals surface area contributed by atoms with E-state index in [-0.39, 0.29) is 95.0 Å². The number of Topliss-reactive ketones (excluding diaryl/α,β-unsaturated/α-hetero) is 3. The normalized spacial score (nSPS) is 15.2. The lowest BCUT2D eigenvalue weighted by atomic mass is 9.80. The Bertz CT molecular complexity index is 4200. The van der Waals surface area contributed by atoms with Gasteiger partial charge in [0, 0.05) is 41.0 Å². The zero-order valence-electron chi connectivity index (χ0n) is 42.8. The minimum atomic E-state index is -0.800. The number of carbonyl (C=O) groups is 3. The Morgan fingerprint density at radius 2 is 0.713 bits per heavy atom. The van der Waals surface area contributed by atoms with E-state index in [0.29, 0.717) is 46.0 Å². The topological polar surface area (TPSA) is 415 Å². The van der Waals surface area contributed by atoms with Crippen LogP contribution in [0.15, 0.2) is 65.8 Å². The molecule has 0 saturated heterocycles. The van der Waals surface area contributed by atoms with E-state index in [1.165, 1.54) is 38.1 Å². The van der Waals surface area contributed by atoms with Crippen LogP contribution < -0.4 is 31.3 Å². The highest BCUT2D eigenvalue weighted by Gasteiger charge is 2.43. The molecule has 6 aromatic carbocycles. The van der Waals surface area contributed by atoms with Crippen molar-refractivity contribution in [3.8, 4) is 86.2 Å². The summed E-state index contributed by atoms with van der Waals surface area (Å²) in [5.74, 6) is -11.3. The number of hydrogen-bond acceptors (Lipinski definition) is 21. The van der Waals surface area contributed by atoms with Crippen LogP contribution in [0.25, 0.3) is 53.2 Å². The summed E-state index contributed by atoms with van der Waals surface area (Å²) in [6, 6.07) is 8.69. The van der Waals surface area contributed by atoms with E-state index in [2.05, 4.69) is 19.7 Å². The summed E-state index contributed by atoms with van der Waals surface area (Å²) in [5.41, 5.74) is -2.20. The number of rotatable bonds is 7. The maximum atomic E-state index is 12.9. The van der Waals surface area contributed by atoms with Crippen LogP contribution >= 0.6 is 0 Å². The molecule has 0 aliphatic heterocycles. The van der Waals surface area contributed by atoms with Gasteiger partial charge < -0.3 is 91.9 Å². The molecule has 18 N–H and O–H groups in total. The predicted octanol–water partition coefficient (Wildman–Crippen LogP) is 3.50. The summed E-state index contributed by atoms with van der Waals surface area (Å²) in [7, 11) is 0. The largest absolute Gasteiger partial charge is 0.508 e. The molecule has 21 nitrogen and oxygen atoms in total. The van der Waals surface area contributed by atoms with Crippen molar-refractivity contribution in [3.05, 3.63) is 136 Å². The summed E-state index contributed by atoms with van der Waals surface area (Å²) in [5, 5.41) is 182. The van der Waals surface area contributed by atoms with Crippen LogP contribution in [0.5, 0.6) is 86.2 Å². The Morgan fingerprint density at radius 1 is 0.338 bits per heavy atom. The Hall–Kier alpha value is -10.8. The Balaban J connectivity index is 0.000000174. The number of allylic oxidation sites excluding steroid dienone is 6. The molecule has 21 heteroatoms. The smallest absolute Gasteiger partial charge is 0.202 e. The van der Waals surface area contributed by atoms with Gasteiger partial charge in [0.05, 0.1) is 65.8 Å². The van der Waals surface area contributed by atoms with Crippen molar-refractivity contribution in [2.75, 3.05) is 0 Å². The van der Waals surface area contributed by atoms with Crippen molar-refractivity contribution in [2.24, 2.45) is 0 Å². The molecule has 0 unspecified atom stereocenters. The summed E-state index contributed by atoms with van der Waals surface area (Å²) in [4.78, 5) is 37.9. The zero-order valence-corrected chi connectivity index (χ0v) is 42.8. The van der Waals surface area contributed by atoms with Crippen LogP contribution in [-0.2, 0) is 27.2 Å². The van der Waals surface area contributed by atoms with Crippen LogP contribution in [-0.4, -0.2) is 109 Å². The number of hydrogen-bond donors (Lipinski definition) is 18. The molecule has 0 fully saturated rings. The second-order valence-electron chi connectivity index (χ2n) is 18.7. The first-order chi connectivity index (χ1) is 37.4. The zero-order chi connectivity index (χ0) is 59.6. The number of phenolic OH excluding ortho intramolecular Hbond substituents is 15. The van der Waals surface area contributed by atoms with Gasteiger partial charge in [-0.3, -0.25) is 14.4 Å². The predicted molar refractivity (Wildman–Crippen MR) is 289 cm³/mol. The maximum Gasteiger partial charge on any atom is 0.202 e. The lowest BCUT2D eigenvalue weighted by molar-refractivity contribution is -0.110. The lowest BCUT2D eigenvalue weighted by Crippen LogP contribution is -2.29. The van der Waals surface area contributed by atoms with Gasteiger partial charge in [0.15, 0.2) is 0 Å². The van der Waals surface area contributed by atoms with Gasteiger partial charge in [-0.05, 0) is 72.2 Å². The molecule has 0 bridgehead atoms. The van der Waals surface area contributed by atoms with E-state index < -0.39 is 109 Å². The van der Waals surface area contributed by atoms with E-state index in [9.17, 15) is 106 Å². The van der Waals surface area contributed by atoms with Gasteiger partial charge in [0.2, 0.25) is 17.3 Å². The fourth-order valence-corrected chi connectivity index (χ4v) is 9.37. The number of carbonyl (C=O) groups excluding carboxylic acids is 3. The van der Waals surface area contributed by atoms with Crippen molar-refractivity contribution in [2.45, 2.75) is 53.4 Å². The standard InChI is InChI=1S/C23H24O7.C19H16O7.C17H12O7/c1-4-6-11-10(3)8-14(25)16(20(11)27)18-22(29)19(23(18)30)17-15(26)9-13(24)12(7-5-2)21(17)28;1-6-4-10(21)12(16(23)7(6)2)14-18(25)15(19(14)26)13-11(22)5-9(20)8(3)17(13)24;1-6-2-8(19)12(9(20)3-6)14-16(23)15(17(14)24)13-10(21)4-7(18)5-11(13)22/h8-9,24-29H,3-7H2,1-2H3;4-5,20-25H,1H2,2-3H3;2-5,18-23H,1H2/b18-16-;14-12-;. The van der Waals surface area contributed by atoms with Crippen LogP contribution in [0.1, 0.15) is 65.6 Å². The fourth-order valence-electron chi connectivity index (χ4n) is 9.37. The van der Waals surface area contributed by atoms with Crippen LogP contribution in [0.3, 0.4) is 0 Å². The number of aromatic hydroxyl groups is 15. The minimum absolute atomic E-state index is 0.0160. The summed E-state index contributed by atoms with van der Waals surface area (Å²) in [6.45, 7) is 17.6. The highest BCUT2D eigenvalue weighted by Crippen LogP contribution is 2.50. The van der Waals surface area contributed by atoms with Crippen molar-refractivity contribution in [1.82, 2.24) is 0 Å². The van der Waals surface area contributed by atoms with E-state index in [0.717, 1.165) is 24.3 Å². The number of aliphatic hydroxyl groups is 3. The van der Waals surface area contributed by atoms with Crippen molar-refractivity contribution < 1.29 is 106 Å². The van der Waals surface area contributed by atoms with Crippen molar-refractivity contribution in [1.29, 1.82) is 0 Å². The van der Waals surface area contributed by atoms with E-state index in [1.807, 2.05) is 13.8 Å². The van der Waals surface area contributed by atoms with Gasteiger partial charge in [-0.25, -0.2) is 0 Å². The number of benzene rings is 6. The second-order valence-corrected chi connectivity index (χ2v) is 18.7. The maximum absolute atomic E-state index is 12.9. The number of ketones is 3. The molecule has 414 valence electrons. The minimum Gasteiger partial charge on any atom is -0.508 e. The molecule has 9 rings (SSSR count). The van der Waals surface area contributed by atoms with Gasteiger partial charge in [-0.15, -0.1) is 0 Å². The molecular weight excluding hydrogens is 1040 g/mol. The van der Waals surface area contributed by atoms with Gasteiger partial charge in [-0.1, -0.05) is 46.4 Å². The Labute approximate surface area is 451 Å². The third-order valence-corrected chi connectivity index (χ3v) is 13.5. The monoisotopic (exact) mass is 1100 g/mol. The highest BCUT2D eigenvalue weighted by atomic mass is 16.3. The lowest BCUT2D eigenvalue weighted by Gasteiger charge is -2.24. The summed E-state index contributed by atoms with van der Waals surface area (Å²) in [6.07, 6.45) is 2.01. The highest BCUT2D eigenvalue weighted by molar-refractivity contribution is 6.53. The van der Waals surface area contributed by atoms with E-state index in [4.69, 9.17) is 0 Å². The molecule has 0 amide bonds. The molecule has 0 aromatic heterocycles. The first kappa shape index (κ1) is 56.9. The van der Waals surface area contributed by atoms with Crippen LogP contribution in [0.2, 0.25) is 0 Å². The quantitative estimate of drug-likeness (QED) is 0.109. The molecule has 3 aliphatic carbocycles. The fraction of sp³-hybridized carbons (Fsp3) is 0.136. The van der Waals surface area contributed by atoms with E-state index >= 15 is 0 Å². The molecule has 80 heavy (non-hydrogen) atoms. The molecular formula is C59H52O21. The Kier molecular flexibility index (Phi) is 14.9. The third kappa shape index (κ3) is 9.16. The second kappa shape index (κ2) is 20.9. The van der Waals surface area contributed by atoms with Gasteiger partial charge in [0.1, 0.15) is 104 Å². The number of aliphatic hydroxyl groups excluding tert-OH is 3. The van der Waals surface area contributed by atoms with Gasteiger partial charge in [0.25, 0.3) is 0 Å². The molecule has 0 heterocycles. The average Bonchev–Trinajstić information content (AvgIpc) is 3.38. The van der Waals surface area contributed by atoms with Crippen LogP contribution in [0, 0.1) is 13.8 Å². The van der Waals surface area contributed by atoms with Crippen molar-refractivity contribution >= 4 is 70.5 Å². The molecule has 3 aliphatic rings. The third-order valence-electron chi connectivity index (χ3n) is 13.5. The molecule has 6 aromatic rings. The summed E-state index contributed by atoms with van der Waals surface area (Å²) < 4.78 is 0. The van der Waals surface area contributed by atoms with Gasteiger partial charge in [-0.2, -0.15) is 0 Å². The Morgan fingerprint density at radius 3 is 1.18 bits per heavy atom. The van der Waals surface area contributed by atoms with Gasteiger partial charge >= 0.3 is 0 Å². The molecule has 0 radical (unpaired) electrons. The molecule has 0 saturated carbocycles. The molecule has 0 atom stereocenters. The first-order valence-corrected chi connectivity index (χ1v) is 23.9. The number of phenols is 15.